The lowest BCUT2D eigenvalue weighted by Crippen LogP contribution is -2.57. The van der Waals surface area contributed by atoms with Crippen molar-refractivity contribution in [3.63, 3.8) is 0 Å². The fraction of sp³-hybridized carbons (Fsp3) is 0.944. The Hall–Kier alpha value is -0.820. The van der Waals surface area contributed by atoms with Crippen LogP contribution in [0.5, 0.6) is 0 Å². The van der Waals surface area contributed by atoms with E-state index < -0.39 is 14.6 Å². The molecule has 2 fully saturated rings. The van der Waals surface area contributed by atoms with Gasteiger partial charge in [0.15, 0.2) is 15.8 Å². The monoisotopic (exact) mass is 372 g/mol. The maximum Gasteiger partial charge on any atom is 0.193 e. The highest BCUT2D eigenvalue weighted by Gasteiger charge is 2.40. The summed E-state index contributed by atoms with van der Waals surface area (Å²) in [7, 11) is -1.25. The number of nitrogens with zero attached hydrogens (tertiary/aromatic N) is 3. The van der Waals surface area contributed by atoms with Crippen LogP contribution in [0.15, 0.2) is 4.99 Å². The molecule has 2 aliphatic rings. The summed E-state index contributed by atoms with van der Waals surface area (Å²) < 4.78 is 23.6. The molecule has 0 aromatic rings. The second-order valence-electron chi connectivity index (χ2n) is 8.53. The molecular formula is C18H36N4O2S. The normalized spacial score (nSPS) is 30.3. The Morgan fingerprint density at radius 3 is 2.44 bits per heavy atom. The summed E-state index contributed by atoms with van der Waals surface area (Å²) >= 11 is 0. The zero-order valence-corrected chi connectivity index (χ0v) is 17.4. The van der Waals surface area contributed by atoms with Crippen molar-refractivity contribution in [1.29, 1.82) is 0 Å². The number of rotatable bonds is 4. The molecule has 6 nitrogen and oxygen atoms in total. The van der Waals surface area contributed by atoms with Crippen LogP contribution in [0, 0.1) is 11.8 Å². The Morgan fingerprint density at radius 1 is 1.24 bits per heavy atom. The van der Waals surface area contributed by atoms with E-state index in [1.807, 2.05) is 0 Å². The first kappa shape index (κ1) is 20.5. The van der Waals surface area contributed by atoms with Gasteiger partial charge in [-0.2, -0.15) is 0 Å². The number of hydrogen-bond donors (Lipinski definition) is 1. The molecule has 0 spiro atoms. The van der Waals surface area contributed by atoms with Crippen molar-refractivity contribution in [1.82, 2.24) is 15.1 Å². The average Bonchev–Trinajstić information content (AvgIpc) is 2.49. The molecular weight excluding hydrogens is 336 g/mol. The van der Waals surface area contributed by atoms with Crippen molar-refractivity contribution in [2.24, 2.45) is 16.8 Å². The predicted octanol–water partition coefficient (Wildman–Crippen LogP) is 1.44. The van der Waals surface area contributed by atoms with Crippen LogP contribution in [0.25, 0.3) is 0 Å². The number of piperidine rings is 1. The smallest absolute Gasteiger partial charge is 0.193 e. The molecule has 2 saturated heterocycles. The number of guanidine groups is 1. The Balaban J connectivity index is 1.78. The molecule has 0 bridgehead atoms. The predicted molar refractivity (Wildman–Crippen MR) is 105 cm³/mol. The van der Waals surface area contributed by atoms with E-state index in [0.29, 0.717) is 13.1 Å². The highest BCUT2D eigenvalue weighted by atomic mass is 32.2. The molecule has 0 aliphatic carbocycles. The quantitative estimate of drug-likeness (QED) is 0.460. The lowest BCUT2D eigenvalue weighted by atomic mass is 9.92. The van der Waals surface area contributed by atoms with Crippen LogP contribution in [0.4, 0.5) is 0 Å². The van der Waals surface area contributed by atoms with E-state index >= 15 is 0 Å². The Morgan fingerprint density at radius 2 is 1.88 bits per heavy atom. The van der Waals surface area contributed by atoms with Gasteiger partial charge in [0.05, 0.1) is 10.5 Å². The second-order valence-corrected chi connectivity index (χ2v) is 11.3. The molecule has 0 radical (unpaired) electrons. The van der Waals surface area contributed by atoms with Crippen LogP contribution in [0.2, 0.25) is 0 Å². The molecule has 2 heterocycles. The summed E-state index contributed by atoms with van der Waals surface area (Å²) in [6, 6.07) is 0. The molecule has 2 rings (SSSR count). The molecule has 25 heavy (non-hydrogen) atoms. The molecule has 146 valence electrons. The number of nitrogens with one attached hydrogen (secondary N) is 1. The second kappa shape index (κ2) is 8.25. The van der Waals surface area contributed by atoms with Gasteiger partial charge in [0.2, 0.25) is 0 Å². The maximum atomic E-state index is 12.2. The van der Waals surface area contributed by atoms with E-state index in [2.05, 4.69) is 34.0 Å². The number of sulfone groups is 1. The highest BCUT2D eigenvalue weighted by molar-refractivity contribution is 7.92. The first-order valence-electron chi connectivity index (χ1n) is 9.55. The summed E-state index contributed by atoms with van der Waals surface area (Å²) in [4.78, 5) is 9.00. The molecule has 0 saturated carbocycles. The minimum Gasteiger partial charge on any atom is -0.356 e. The maximum absolute atomic E-state index is 12.2. The summed E-state index contributed by atoms with van der Waals surface area (Å²) in [5, 5.41) is 3.42. The van der Waals surface area contributed by atoms with E-state index in [9.17, 15) is 8.42 Å². The number of hydrogen-bond acceptors (Lipinski definition) is 4. The van der Waals surface area contributed by atoms with Crippen molar-refractivity contribution in [3.05, 3.63) is 0 Å². The van der Waals surface area contributed by atoms with Gasteiger partial charge in [-0.05, 0) is 45.1 Å². The van der Waals surface area contributed by atoms with E-state index in [1.165, 1.54) is 19.5 Å². The minimum atomic E-state index is -3.02. The molecule has 2 aliphatic heterocycles. The van der Waals surface area contributed by atoms with E-state index in [1.54, 1.807) is 20.9 Å². The Kier molecular flexibility index (Phi) is 6.76. The Labute approximate surface area is 154 Å². The molecule has 2 unspecified atom stereocenters. The van der Waals surface area contributed by atoms with Gasteiger partial charge in [-0.3, -0.25) is 4.99 Å². The molecule has 1 N–H and O–H groups in total. The molecule has 0 amide bonds. The van der Waals surface area contributed by atoms with Gasteiger partial charge in [-0.15, -0.1) is 0 Å². The van der Waals surface area contributed by atoms with Gasteiger partial charge < -0.3 is 15.1 Å². The van der Waals surface area contributed by atoms with Gasteiger partial charge in [0.25, 0.3) is 0 Å². The van der Waals surface area contributed by atoms with Crippen LogP contribution in [0.1, 0.15) is 40.5 Å². The average molecular weight is 373 g/mol. The van der Waals surface area contributed by atoms with Crippen molar-refractivity contribution in [2.45, 2.75) is 45.3 Å². The van der Waals surface area contributed by atoms with Crippen LogP contribution >= 0.6 is 0 Å². The van der Waals surface area contributed by atoms with Crippen LogP contribution in [-0.4, -0.2) is 81.0 Å². The van der Waals surface area contributed by atoms with Gasteiger partial charge >= 0.3 is 0 Å². The minimum absolute atomic E-state index is 0.199. The molecule has 2 atom stereocenters. The molecule has 0 aromatic carbocycles. The third-order valence-corrected chi connectivity index (χ3v) is 7.97. The lowest BCUT2D eigenvalue weighted by molar-refractivity contribution is 0.140. The lowest BCUT2D eigenvalue weighted by Gasteiger charge is -2.39. The van der Waals surface area contributed by atoms with E-state index in [0.717, 1.165) is 37.3 Å². The molecule has 0 aromatic heterocycles. The fourth-order valence-electron chi connectivity index (χ4n) is 4.13. The van der Waals surface area contributed by atoms with Gasteiger partial charge in [-0.1, -0.05) is 13.8 Å². The standard InChI is InChI=1S/C18H36N4O2S/c1-15-11-16(2)13-21(12-15)8-6-7-20-17(19-5)22-9-10-25(23,24)18(3,4)14-22/h15-16H,6-14H2,1-5H3,(H,19,20). The summed E-state index contributed by atoms with van der Waals surface area (Å²) in [6.07, 6.45) is 2.42. The van der Waals surface area contributed by atoms with Crippen LogP contribution in [0.3, 0.4) is 0 Å². The SMILES string of the molecule is CN=C(NCCCN1CC(C)CC(C)C1)N1CCS(=O)(=O)C(C)(C)C1. The third kappa shape index (κ3) is 5.33. The third-order valence-electron chi connectivity index (χ3n) is 5.43. The van der Waals surface area contributed by atoms with E-state index in [-0.39, 0.29) is 5.75 Å². The Bertz CT molecular complexity index is 564. The largest absolute Gasteiger partial charge is 0.356 e. The fourth-order valence-corrected chi connectivity index (χ4v) is 5.50. The zero-order chi connectivity index (χ0) is 18.7. The first-order chi connectivity index (χ1) is 11.6. The summed E-state index contributed by atoms with van der Waals surface area (Å²) in [5.74, 6) is 2.61. The summed E-state index contributed by atoms with van der Waals surface area (Å²) in [5.41, 5.74) is 0. The summed E-state index contributed by atoms with van der Waals surface area (Å²) in [6.45, 7) is 13.7. The molecule has 7 heteroatoms. The van der Waals surface area contributed by atoms with Crippen LogP contribution < -0.4 is 5.32 Å². The highest BCUT2D eigenvalue weighted by Crippen LogP contribution is 2.24. The van der Waals surface area contributed by atoms with Crippen LogP contribution in [-0.2, 0) is 9.84 Å². The number of likely N-dealkylation sites (tertiary alicyclic amines) is 1. The van der Waals surface area contributed by atoms with Gasteiger partial charge in [-0.25, -0.2) is 8.42 Å². The zero-order valence-electron chi connectivity index (χ0n) is 16.6. The first-order valence-corrected chi connectivity index (χ1v) is 11.2. The van der Waals surface area contributed by atoms with Gasteiger partial charge in [0.1, 0.15) is 0 Å². The van der Waals surface area contributed by atoms with Crippen molar-refractivity contribution >= 4 is 15.8 Å². The van der Waals surface area contributed by atoms with Gasteiger partial charge in [0, 0.05) is 39.8 Å². The van der Waals surface area contributed by atoms with E-state index in [4.69, 9.17) is 0 Å². The van der Waals surface area contributed by atoms with Crippen molar-refractivity contribution in [3.8, 4) is 0 Å². The van der Waals surface area contributed by atoms with Crippen molar-refractivity contribution in [2.75, 3.05) is 52.1 Å². The topological polar surface area (TPSA) is 65.0 Å². The van der Waals surface area contributed by atoms with Crippen molar-refractivity contribution < 1.29 is 8.42 Å². The number of aliphatic imine (C=N–C) groups is 1.